The van der Waals surface area contributed by atoms with E-state index < -0.39 is 0 Å². The fraction of sp³-hybridized carbons (Fsp3) is 0.174. The summed E-state index contributed by atoms with van der Waals surface area (Å²) < 4.78 is 1.91. The largest absolute Gasteiger partial charge is 0.307 e. The molecular formula is C23H18ClN3OS. The van der Waals surface area contributed by atoms with Gasteiger partial charge in [0.2, 0.25) is 0 Å². The monoisotopic (exact) mass is 419 g/mol. The predicted molar refractivity (Wildman–Crippen MR) is 119 cm³/mol. The van der Waals surface area contributed by atoms with Crippen LogP contribution in [0.1, 0.15) is 17.7 Å². The van der Waals surface area contributed by atoms with Crippen LogP contribution in [0.2, 0.25) is 5.02 Å². The highest BCUT2D eigenvalue weighted by atomic mass is 35.5. The Balaban J connectivity index is 1.87. The molecule has 0 bridgehead atoms. The molecule has 0 N–H and O–H groups in total. The molecule has 0 aliphatic carbocycles. The summed E-state index contributed by atoms with van der Waals surface area (Å²) in [6, 6.07) is 11.8. The van der Waals surface area contributed by atoms with Crippen molar-refractivity contribution in [2.24, 2.45) is 0 Å². The van der Waals surface area contributed by atoms with Crippen molar-refractivity contribution in [2.75, 3.05) is 0 Å². The number of benzene rings is 1. The number of fused-ring (bicyclic) bond motifs is 3. The number of hydrogen-bond donors (Lipinski definition) is 0. The lowest BCUT2D eigenvalue weighted by molar-refractivity contribution is 0.642. The van der Waals surface area contributed by atoms with E-state index >= 15 is 0 Å². The lowest BCUT2D eigenvalue weighted by Gasteiger charge is -2.18. The van der Waals surface area contributed by atoms with E-state index in [1.54, 1.807) is 0 Å². The lowest BCUT2D eigenvalue weighted by Crippen LogP contribution is -2.23. The maximum Gasteiger partial charge on any atom is 0.261 e. The highest BCUT2D eigenvalue weighted by Crippen LogP contribution is 2.38. The summed E-state index contributed by atoms with van der Waals surface area (Å²) >= 11 is 7.64. The van der Waals surface area contributed by atoms with E-state index in [0.717, 1.165) is 45.9 Å². The molecule has 4 nitrogen and oxygen atoms in total. The fourth-order valence-electron chi connectivity index (χ4n) is 3.93. The van der Waals surface area contributed by atoms with Gasteiger partial charge < -0.3 is 4.57 Å². The van der Waals surface area contributed by atoms with E-state index in [1.165, 1.54) is 16.9 Å². The molecule has 144 valence electrons. The van der Waals surface area contributed by atoms with Gasteiger partial charge >= 0.3 is 0 Å². The van der Waals surface area contributed by atoms with Crippen LogP contribution in [0, 0.1) is 6.92 Å². The molecular weight excluding hydrogens is 402 g/mol. The second kappa shape index (κ2) is 7.25. The molecule has 3 aromatic heterocycles. The van der Waals surface area contributed by atoms with E-state index in [4.69, 9.17) is 11.6 Å². The summed E-state index contributed by atoms with van der Waals surface area (Å²) in [6.45, 7) is 2.62. The van der Waals surface area contributed by atoms with Crippen molar-refractivity contribution in [2.45, 2.75) is 26.3 Å². The average molecular weight is 420 g/mol. The average Bonchev–Trinajstić information content (AvgIpc) is 3.06. The number of halogens is 1. The van der Waals surface area contributed by atoms with E-state index in [-0.39, 0.29) is 5.56 Å². The van der Waals surface area contributed by atoms with Crippen LogP contribution in [0.4, 0.5) is 0 Å². The van der Waals surface area contributed by atoms with Crippen LogP contribution in [0.25, 0.3) is 33.0 Å². The normalized spacial score (nSPS) is 12.9. The van der Waals surface area contributed by atoms with Gasteiger partial charge in [0.25, 0.3) is 5.56 Å². The zero-order chi connectivity index (χ0) is 20.0. The van der Waals surface area contributed by atoms with E-state index in [1.807, 2.05) is 59.6 Å². The molecule has 0 saturated carbocycles. The maximum atomic E-state index is 13.5. The number of nitrogens with zero attached hydrogens (tertiary/aromatic N) is 3. The van der Waals surface area contributed by atoms with Crippen LogP contribution < -0.4 is 5.56 Å². The Labute approximate surface area is 177 Å². The van der Waals surface area contributed by atoms with Gasteiger partial charge in [-0.25, -0.2) is 4.98 Å². The molecule has 29 heavy (non-hydrogen) atoms. The lowest BCUT2D eigenvalue weighted by atomic mass is 9.95. The maximum absolute atomic E-state index is 13.5. The van der Waals surface area contributed by atoms with E-state index in [2.05, 4.69) is 16.0 Å². The molecule has 0 atom stereocenters. The number of hydrogen-bond acceptors (Lipinski definition) is 4. The quantitative estimate of drug-likeness (QED) is 0.424. The number of rotatable bonds is 2. The van der Waals surface area contributed by atoms with Crippen molar-refractivity contribution in [3.63, 3.8) is 0 Å². The molecule has 1 aliphatic heterocycles. The van der Waals surface area contributed by atoms with Gasteiger partial charge in [-0.1, -0.05) is 23.7 Å². The third kappa shape index (κ3) is 3.20. The highest BCUT2D eigenvalue weighted by Gasteiger charge is 2.23. The van der Waals surface area contributed by atoms with Gasteiger partial charge in [-0.15, -0.1) is 11.3 Å². The second-order valence-electron chi connectivity index (χ2n) is 7.21. The Kier molecular flexibility index (Phi) is 4.57. The first-order valence-corrected chi connectivity index (χ1v) is 10.8. The van der Waals surface area contributed by atoms with Crippen LogP contribution in [0.15, 0.2) is 59.0 Å². The standard InChI is InChI=1S/C23H18ClN3OS/c1-14-13-29-22(26-14)19-11-18(16-4-6-17(24)7-5-16)21-20-12-25-9-8-15(20)3-2-10-27(21)23(19)28/h4-9,11-13H,2-3,10H2,1H3. The van der Waals surface area contributed by atoms with Gasteiger partial charge in [0.1, 0.15) is 5.01 Å². The molecule has 4 heterocycles. The van der Waals surface area contributed by atoms with E-state index in [9.17, 15) is 4.79 Å². The summed E-state index contributed by atoms with van der Waals surface area (Å²) in [6.07, 6.45) is 5.52. The zero-order valence-corrected chi connectivity index (χ0v) is 17.4. The predicted octanol–water partition coefficient (Wildman–Crippen LogP) is 5.61. The number of pyridine rings is 2. The van der Waals surface area contributed by atoms with Crippen LogP contribution >= 0.6 is 22.9 Å². The molecule has 5 rings (SSSR count). The second-order valence-corrected chi connectivity index (χ2v) is 8.51. The van der Waals surface area contributed by atoms with E-state index in [0.29, 0.717) is 17.1 Å². The first kappa shape index (κ1) is 18.3. The first-order valence-electron chi connectivity index (χ1n) is 9.51. The van der Waals surface area contributed by atoms with Crippen LogP contribution in [0.3, 0.4) is 0 Å². The van der Waals surface area contributed by atoms with Crippen molar-refractivity contribution in [3.05, 3.63) is 80.8 Å². The topological polar surface area (TPSA) is 47.8 Å². The molecule has 1 aromatic carbocycles. The molecule has 0 fully saturated rings. The van der Waals surface area contributed by atoms with Gasteiger partial charge in [0, 0.05) is 46.2 Å². The Morgan fingerprint density at radius 2 is 1.93 bits per heavy atom. The smallest absolute Gasteiger partial charge is 0.261 e. The SMILES string of the molecule is Cc1csc(-c2cc(-c3ccc(Cl)cc3)c3n(c2=O)CCCc2ccncc2-3)n1. The summed E-state index contributed by atoms with van der Waals surface area (Å²) in [5.74, 6) is 0. The minimum Gasteiger partial charge on any atom is -0.307 e. The Hall–Kier alpha value is -2.76. The molecule has 0 spiro atoms. The highest BCUT2D eigenvalue weighted by molar-refractivity contribution is 7.13. The van der Waals surface area contributed by atoms with Crippen molar-refractivity contribution in [1.82, 2.24) is 14.5 Å². The number of aryl methyl sites for hydroxylation is 2. The number of aromatic nitrogens is 3. The Morgan fingerprint density at radius 3 is 2.69 bits per heavy atom. The van der Waals surface area contributed by atoms with Crippen molar-refractivity contribution < 1.29 is 0 Å². The van der Waals surface area contributed by atoms with Gasteiger partial charge in [-0.3, -0.25) is 9.78 Å². The minimum absolute atomic E-state index is 0.00349. The Morgan fingerprint density at radius 1 is 1.10 bits per heavy atom. The van der Waals surface area contributed by atoms with Crippen LogP contribution in [-0.2, 0) is 13.0 Å². The van der Waals surface area contributed by atoms with Crippen molar-refractivity contribution in [3.8, 4) is 33.0 Å². The fourth-order valence-corrected chi connectivity index (χ4v) is 4.86. The molecule has 0 unspecified atom stereocenters. The van der Waals surface area contributed by atoms with Crippen molar-refractivity contribution in [1.29, 1.82) is 0 Å². The molecule has 1 aliphatic rings. The molecule has 0 amide bonds. The van der Waals surface area contributed by atoms with Gasteiger partial charge in [0.15, 0.2) is 0 Å². The first-order chi connectivity index (χ1) is 14.1. The van der Waals surface area contributed by atoms with Gasteiger partial charge in [0.05, 0.1) is 11.3 Å². The zero-order valence-electron chi connectivity index (χ0n) is 15.9. The summed E-state index contributed by atoms with van der Waals surface area (Å²) in [5.41, 5.74) is 6.76. The molecule has 4 aromatic rings. The van der Waals surface area contributed by atoms with Crippen LogP contribution in [-0.4, -0.2) is 14.5 Å². The summed E-state index contributed by atoms with van der Waals surface area (Å²) in [7, 11) is 0. The third-order valence-corrected chi connectivity index (χ3v) is 6.53. The summed E-state index contributed by atoms with van der Waals surface area (Å²) in [4.78, 5) is 22.4. The van der Waals surface area contributed by atoms with Crippen LogP contribution in [0.5, 0.6) is 0 Å². The van der Waals surface area contributed by atoms with Gasteiger partial charge in [-0.2, -0.15) is 0 Å². The molecule has 0 saturated heterocycles. The van der Waals surface area contributed by atoms with Crippen molar-refractivity contribution >= 4 is 22.9 Å². The number of thiazole rings is 1. The van der Waals surface area contributed by atoms with Gasteiger partial charge in [-0.05, 0) is 55.2 Å². The molecule has 6 heteroatoms. The minimum atomic E-state index is 0.00349. The summed E-state index contributed by atoms with van der Waals surface area (Å²) in [5, 5.41) is 3.42. The Bertz CT molecular complexity index is 1270. The molecule has 0 radical (unpaired) electrons. The third-order valence-electron chi connectivity index (χ3n) is 5.29.